The van der Waals surface area contributed by atoms with Crippen molar-refractivity contribution in [2.75, 3.05) is 0 Å². The fourth-order valence-electron chi connectivity index (χ4n) is 2.47. The van der Waals surface area contributed by atoms with E-state index in [1.807, 2.05) is 36.4 Å². The zero-order valence-electron chi connectivity index (χ0n) is 12.9. The van der Waals surface area contributed by atoms with Gasteiger partial charge in [0, 0.05) is 11.9 Å². The van der Waals surface area contributed by atoms with Crippen LogP contribution in [0.15, 0.2) is 48.5 Å². The molecule has 2 aromatic carbocycles. The predicted octanol–water partition coefficient (Wildman–Crippen LogP) is 4.98. The molecule has 0 heterocycles. The number of hydrogen-bond acceptors (Lipinski definition) is 3. The average Bonchev–Trinajstić information content (AvgIpc) is 2.53. The fourth-order valence-corrected chi connectivity index (χ4v) is 3.58. The Morgan fingerprint density at radius 2 is 1.52 bits per heavy atom. The Morgan fingerprint density at radius 1 is 1.04 bits per heavy atom. The second-order valence-corrected chi connectivity index (χ2v) is 7.08. The molecule has 5 heteroatoms. The zero-order valence-corrected chi connectivity index (χ0v) is 14.4. The molecule has 0 aliphatic heterocycles. The van der Waals surface area contributed by atoms with Crippen molar-refractivity contribution in [2.24, 2.45) is 0 Å². The van der Waals surface area contributed by atoms with Gasteiger partial charge in [0.25, 0.3) is 0 Å². The van der Waals surface area contributed by atoms with E-state index in [-0.39, 0.29) is 5.12 Å². The van der Waals surface area contributed by atoms with E-state index in [1.54, 1.807) is 19.1 Å². The summed E-state index contributed by atoms with van der Waals surface area (Å²) in [5, 5.41) is 10.1. The molecule has 0 aromatic heterocycles. The summed E-state index contributed by atoms with van der Waals surface area (Å²) in [6, 6.07) is 14.7. The summed E-state index contributed by atoms with van der Waals surface area (Å²) < 4.78 is -1.25. The second-order valence-electron chi connectivity index (χ2n) is 5.16. The molecule has 2 aromatic rings. The minimum absolute atomic E-state index is 0.212. The number of carbonyl (C=O) groups is 2. The van der Waals surface area contributed by atoms with Gasteiger partial charge in [0.2, 0.25) is 0 Å². The molecule has 120 valence electrons. The van der Waals surface area contributed by atoms with Crippen molar-refractivity contribution in [1.29, 1.82) is 0 Å². The number of aliphatic carboxylic acids is 1. The van der Waals surface area contributed by atoms with Crippen molar-refractivity contribution >= 4 is 34.4 Å². The number of benzene rings is 2. The van der Waals surface area contributed by atoms with Crippen molar-refractivity contribution in [2.45, 2.75) is 25.0 Å². The molecule has 3 nitrogen and oxygen atoms in total. The van der Waals surface area contributed by atoms with E-state index in [0.29, 0.717) is 17.0 Å². The lowest BCUT2D eigenvalue weighted by Crippen LogP contribution is -2.32. The maximum absolute atomic E-state index is 11.8. The van der Waals surface area contributed by atoms with Gasteiger partial charge in [0.05, 0.1) is 0 Å². The van der Waals surface area contributed by atoms with Gasteiger partial charge in [-0.05, 0) is 35.2 Å². The Bertz CT molecular complexity index is 710. The number of thioether (sulfide) groups is 1. The summed E-state index contributed by atoms with van der Waals surface area (Å²) in [5.74, 6) is -1.00. The molecule has 0 bridgehead atoms. The van der Waals surface area contributed by atoms with E-state index in [9.17, 15) is 14.7 Å². The number of rotatable bonds is 5. The molecule has 0 fully saturated rings. The molecule has 0 radical (unpaired) electrons. The summed E-state index contributed by atoms with van der Waals surface area (Å²) in [6.07, 6.45) is 0.326. The van der Waals surface area contributed by atoms with Crippen LogP contribution in [0.1, 0.15) is 25.8 Å². The maximum atomic E-state index is 11.8. The lowest BCUT2D eigenvalue weighted by Gasteiger charge is -2.27. The van der Waals surface area contributed by atoms with Gasteiger partial charge in [-0.2, -0.15) is 0 Å². The van der Waals surface area contributed by atoms with E-state index in [4.69, 9.17) is 11.6 Å². The number of carboxylic acid groups (broad SMARTS) is 1. The second kappa shape index (κ2) is 7.20. The van der Waals surface area contributed by atoms with Gasteiger partial charge in [0.1, 0.15) is 4.75 Å². The van der Waals surface area contributed by atoms with Gasteiger partial charge >= 0.3 is 5.97 Å². The van der Waals surface area contributed by atoms with Crippen LogP contribution >= 0.6 is 23.4 Å². The summed E-state index contributed by atoms with van der Waals surface area (Å²) in [7, 11) is 0. The monoisotopic (exact) mass is 348 g/mol. The third-order valence-corrected chi connectivity index (χ3v) is 5.28. The Kier molecular flexibility index (Phi) is 5.50. The summed E-state index contributed by atoms with van der Waals surface area (Å²) in [6.45, 7) is 3.16. The van der Waals surface area contributed by atoms with E-state index in [1.165, 1.54) is 6.92 Å². The highest BCUT2D eigenvalue weighted by molar-refractivity contribution is 8.14. The van der Waals surface area contributed by atoms with Gasteiger partial charge in [-0.15, -0.1) is 0 Å². The molecule has 0 aliphatic rings. The first kappa shape index (κ1) is 17.6. The molecule has 1 N–H and O–H groups in total. The van der Waals surface area contributed by atoms with Gasteiger partial charge in [-0.25, -0.2) is 0 Å². The Morgan fingerprint density at radius 3 is 1.91 bits per heavy atom. The van der Waals surface area contributed by atoms with Crippen LogP contribution in [0.5, 0.6) is 0 Å². The Hall–Kier alpha value is -1.78. The van der Waals surface area contributed by atoms with Crippen LogP contribution in [0.3, 0.4) is 0 Å². The van der Waals surface area contributed by atoms with Crippen LogP contribution in [0, 0.1) is 0 Å². The number of hydrogen-bond donors (Lipinski definition) is 1. The molecule has 0 saturated carbocycles. The van der Waals surface area contributed by atoms with Crippen LogP contribution in [-0.4, -0.2) is 16.2 Å². The standard InChI is InChI=1S/C18H17ClO3S/c1-3-18(17(21)22,23-12(2)20)15-8-4-13(5-9-15)14-6-10-16(19)11-7-14/h4-11H,3H2,1-2H3,(H,21,22). The maximum Gasteiger partial charge on any atom is 0.324 e. The average molecular weight is 349 g/mol. The van der Waals surface area contributed by atoms with Crippen LogP contribution in [0.2, 0.25) is 5.02 Å². The molecule has 1 atom stereocenters. The topological polar surface area (TPSA) is 54.4 Å². The first-order chi connectivity index (χ1) is 10.9. The summed E-state index contributed by atoms with van der Waals surface area (Å²) in [4.78, 5) is 23.3. The van der Waals surface area contributed by atoms with E-state index < -0.39 is 10.7 Å². The lowest BCUT2D eigenvalue weighted by atomic mass is 9.93. The minimum atomic E-state index is -1.25. The fraction of sp³-hybridized carbons (Fsp3) is 0.222. The van der Waals surface area contributed by atoms with Crippen molar-refractivity contribution < 1.29 is 14.7 Å². The third-order valence-electron chi connectivity index (χ3n) is 3.69. The molecule has 1 unspecified atom stereocenters. The molecule has 0 amide bonds. The summed E-state index contributed by atoms with van der Waals surface area (Å²) >= 11 is 6.74. The highest BCUT2D eigenvalue weighted by Gasteiger charge is 2.41. The number of halogens is 1. The Labute approximate surface area is 144 Å². The van der Waals surface area contributed by atoms with Crippen molar-refractivity contribution in [1.82, 2.24) is 0 Å². The van der Waals surface area contributed by atoms with Crippen molar-refractivity contribution in [3.05, 3.63) is 59.1 Å². The quantitative estimate of drug-likeness (QED) is 0.828. The first-order valence-electron chi connectivity index (χ1n) is 7.18. The van der Waals surface area contributed by atoms with Crippen LogP contribution in [0.4, 0.5) is 0 Å². The molecular weight excluding hydrogens is 332 g/mol. The van der Waals surface area contributed by atoms with E-state index in [0.717, 1.165) is 22.9 Å². The van der Waals surface area contributed by atoms with Gasteiger partial charge in [0.15, 0.2) is 5.12 Å². The van der Waals surface area contributed by atoms with Gasteiger partial charge in [-0.1, -0.05) is 66.7 Å². The molecule has 2 rings (SSSR count). The first-order valence-corrected chi connectivity index (χ1v) is 8.38. The predicted molar refractivity (Wildman–Crippen MR) is 94.8 cm³/mol. The molecular formula is C18H17ClO3S. The summed E-state index contributed by atoms with van der Waals surface area (Å²) in [5.41, 5.74) is 2.58. The zero-order chi connectivity index (χ0) is 17.0. The molecule has 0 saturated heterocycles. The lowest BCUT2D eigenvalue weighted by molar-refractivity contribution is -0.140. The largest absolute Gasteiger partial charge is 0.480 e. The highest BCUT2D eigenvalue weighted by Crippen LogP contribution is 2.41. The Balaban J connectivity index is 2.41. The molecule has 0 spiro atoms. The SMILES string of the molecule is CCC(SC(C)=O)(C(=O)O)c1ccc(-c2ccc(Cl)cc2)cc1. The van der Waals surface area contributed by atoms with Crippen LogP contribution < -0.4 is 0 Å². The smallest absolute Gasteiger partial charge is 0.324 e. The number of carboxylic acids is 1. The normalized spacial score (nSPS) is 13.3. The molecule has 0 aliphatic carbocycles. The van der Waals surface area contributed by atoms with E-state index >= 15 is 0 Å². The van der Waals surface area contributed by atoms with Crippen LogP contribution in [-0.2, 0) is 14.3 Å². The van der Waals surface area contributed by atoms with Gasteiger partial charge < -0.3 is 5.11 Å². The third kappa shape index (κ3) is 3.77. The van der Waals surface area contributed by atoms with Gasteiger partial charge in [-0.3, -0.25) is 9.59 Å². The molecule has 23 heavy (non-hydrogen) atoms. The van der Waals surface area contributed by atoms with Crippen molar-refractivity contribution in [3.63, 3.8) is 0 Å². The number of carbonyl (C=O) groups excluding carboxylic acids is 1. The highest BCUT2D eigenvalue weighted by atomic mass is 35.5. The minimum Gasteiger partial charge on any atom is -0.480 e. The van der Waals surface area contributed by atoms with Crippen molar-refractivity contribution in [3.8, 4) is 11.1 Å². The van der Waals surface area contributed by atoms with E-state index in [2.05, 4.69) is 0 Å². The van der Waals surface area contributed by atoms with Crippen LogP contribution in [0.25, 0.3) is 11.1 Å².